The average Bonchev–Trinajstić information content (AvgIpc) is 1.71. The summed E-state index contributed by atoms with van der Waals surface area (Å²) >= 11 is 2.80. The molecule has 29 nitrogen and oxygen atoms in total. The predicted molar refractivity (Wildman–Crippen MR) is 380 cm³/mol. The average molecular weight is 1460 g/mol. The molecule has 0 saturated carbocycles. The van der Waals surface area contributed by atoms with E-state index in [0.717, 1.165) is 11.1 Å². The smallest absolute Gasteiger partial charge is 0.305 e. The molecule has 9 rings (SSSR count). The van der Waals surface area contributed by atoms with E-state index in [1.54, 1.807) is 24.3 Å². The summed E-state index contributed by atoms with van der Waals surface area (Å²) in [6, 6.07) is 9.80. The molecule has 3 aromatic heterocycles. The number of carbonyl (C=O) groups is 11. The number of benzene rings is 4. The van der Waals surface area contributed by atoms with Crippen LogP contribution in [0.2, 0.25) is 0 Å². The number of imidazole rings is 1. The third kappa shape index (κ3) is 22.3. The fraction of sp³-hybridized carbons (Fsp3) is 0.400. The lowest BCUT2D eigenvalue weighted by molar-refractivity contribution is -0.143. The lowest BCUT2D eigenvalue weighted by atomic mass is 10.0. The molecule has 548 valence electrons. The van der Waals surface area contributed by atoms with Crippen LogP contribution in [-0.2, 0) is 89.9 Å². The lowest BCUT2D eigenvalue weighted by Gasteiger charge is -2.31. The molecule has 7 aromatic rings. The van der Waals surface area contributed by atoms with Crippen LogP contribution in [-0.4, -0.2) is 188 Å². The fourth-order valence-corrected chi connectivity index (χ4v) is 14.0. The number of fused-ring (bicyclic) bond motifs is 5. The summed E-state index contributed by atoms with van der Waals surface area (Å²) < 4.78 is 35.5. The Morgan fingerprint density at radius 3 is 1.83 bits per heavy atom. The molecule has 33 heteroatoms. The minimum atomic E-state index is -2.04. The normalized spacial score (nSPS) is 21.7. The number of unbranched alkanes of at least 4 members (excludes halogenated alkanes) is 1. The standard InChI is InChI=1S/C70H84F2N16O13S2/c71-44-11-15-50-48(27-44)42(31-77-50)25-53-65(95)83-54(26-43-32-78-51-16-12-45(72)28-49(43)51)66(96)85-56(30-62(91)92)68(98)84-55(29-46-33-76-38-80-46)67(97)86-57(24-39-9-13-47(14-10-39)101-21-19-74)70(100)88-20-4-8-59(88)69(99)87-58(63(75)93)37-103-36-41-6-3-5-40(23-41)35-102-22-17-60(89)81-52(7-1-2-18-73)64(94)79-34-61(90)82-53/h3,5-6,9-16,23,27-28,31-33,38,52-59,77-78H,1-2,4,7-8,17-22,24-26,29-30,34-37,73-74H2,(H2,75,93)(H,76,80)(H,79,94)(H,81,89)(H,82,90)(H,83,95)(H,84,98)(H,85,96)(H,86,97)(H,87,99)(H,91,92)/t52-,53-,54-,55-,56-,57-,58-,59-/m0/s1. The van der Waals surface area contributed by atoms with Crippen LogP contribution in [0.5, 0.6) is 5.75 Å². The Labute approximate surface area is 599 Å². The number of carboxylic acid groups (broad SMARTS) is 1. The molecule has 1 fully saturated rings. The van der Waals surface area contributed by atoms with Gasteiger partial charge in [0.25, 0.3) is 0 Å². The number of aromatic nitrogens is 4. The molecular formula is C70H84F2N16O13S2. The van der Waals surface area contributed by atoms with Crippen molar-refractivity contribution in [1.82, 2.24) is 67.4 Å². The Morgan fingerprint density at radius 1 is 0.621 bits per heavy atom. The van der Waals surface area contributed by atoms with Crippen molar-refractivity contribution in [2.45, 2.75) is 130 Å². The first-order chi connectivity index (χ1) is 49.6. The minimum absolute atomic E-state index is 0.0116. The molecule has 0 unspecified atom stereocenters. The predicted octanol–water partition coefficient (Wildman–Crippen LogP) is 1.42. The number of halogens is 2. The monoisotopic (exact) mass is 1460 g/mol. The van der Waals surface area contributed by atoms with Gasteiger partial charge in [0.1, 0.15) is 72.3 Å². The molecule has 4 aromatic carbocycles. The molecule has 2 bridgehead atoms. The summed E-state index contributed by atoms with van der Waals surface area (Å²) in [5.74, 6) is -9.96. The van der Waals surface area contributed by atoms with Crippen LogP contribution in [0, 0.1) is 11.6 Å². The van der Waals surface area contributed by atoms with E-state index in [4.69, 9.17) is 21.9 Å². The van der Waals surface area contributed by atoms with Crippen LogP contribution in [0.3, 0.4) is 0 Å². The van der Waals surface area contributed by atoms with Crippen molar-refractivity contribution < 1.29 is 71.4 Å². The van der Waals surface area contributed by atoms with Crippen LogP contribution in [0.15, 0.2) is 110 Å². The Hall–Kier alpha value is -10.4. The maximum absolute atomic E-state index is 15.2. The number of rotatable bonds is 18. The van der Waals surface area contributed by atoms with Gasteiger partial charge in [0.05, 0.1) is 19.3 Å². The topological polar surface area (TPSA) is 455 Å². The van der Waals surface area contributed by atoms with Crippen molar-refractivity contribution in [3.05, 3.63) is 155 Å². The van der Waals surface area contributed by atoms with Crippen LogP contribution in [0.25, 0.3) is 21.8 Å². The molecular weight excluding hydrogens is 1370 g/mol. The zero-order valence-electron chi connectivity index (χ0n) is 56.2. The second kappa shape index (κ2) is 37.5. The van der Waals surface area contributed by atoms with Gasteiger partial charge in [0.2, 0.25) is 59.1 Å². The largest absolute Gasteiger partial charge is 0.492 e. The summed E-state index contributed by atoms with van der Waals surface area (Å²) in [5.41, 5.74) is 21.3. The van der Waals surface area contributed by atoms with Gasteiger partial charge >= 0.3 is 5.97 Å². The number of carbonyl (C=O) groups excluding carboxylic acids is 10. The maximum atomic E-state index is 15.2. The molecule has 103 heavy (non-hydrogen) atoms. The van der Waals surface area contributed by atoms with Gasteiger partial charge < -0.3 is 89.4 Å². The van der Waals surface area contributed by atoms with Crippen molar-refractivity contribution in [3.8, 4) is 5.75 Å². The number of amides is 10. The molecule has 0 spiro atoms. The van der Waals surface area contributed by atoms with E-state index in [0.29, 0.717) is 76.4 Å². The number of hydrogen-bond donors (Lipinski definition) is 15. The van der Waals surface area contributed by atoms with Crippen molar-refractivity contribution in [2.24, 2.45) is 17.2 Å². The molecule has 18 N–H and O–H groups in total. The van der Waals surface area contributed by atoms with Gasteiger partial charge in [-0.2, -0.15) is 23.5 Å². The Kier molecular flexibility index (Phi) is 28.0. The zero-order chi connectivity index (χ0) is 73.5. The molecule has 10 amide bonds. The Balaban J connectivity index is 1.06. The molecule has 0 aliphatic carbocycles. The molecule has 2 aliphatic heterocycles. The van der Waals surface area contributed by atoms with Crippen molar-refractivity contribution >= 4 is 110 Å². The number of carboxylic acids is 1. The highest BCUT2D eigenvalue weighted by atomic mass is 32.2. The SMILES string of the molecule is NCCCC[C@@H]1NC(=O)CCSCc2cccc(c2)CSC[C@@H](C(N)=O)NC(=O)[C@@H]2CCCN2C(=O)[C@H](Cc2ccc(OCCN)cc2)NC(=O)[C@H](Cc2cnc[nH]2)NC(=O)[C@H](CC(=O)O)NC(=O)[C@H](Cc2c[nH]c3ccc(F)cc23)NC(=O)[C@H](Cc2c[nH]c3ccc(F)cc23)NC(=O)CNC1=O. The van der Waals surface area contributed by atoms with Crippen molar-refractivity contribution in [1.29, 1.82) is 0 Å². The third-order valence-corrected chi connectivity index (χ3v) is 19.5. The number of thioether (sulfide) groups is 2. The first kappa shape index (κ1) is 76.8. The highest BCUT2D eigenvalue weighted by Gasteiger charge is 2.41. The molecule has 1 saturated heterocycles. The van der Waals surface area contributed by atoms with Gasteiger partial charge in [-0.15, -0.1) is 0 Å². The second-order valence-electron chi connectivity index (χ2n) is 25.1. The van der Waals surface area contributed by atoms with Crippen LogP contribution in [0.1, 0.15) is 78.5 Å². The summed E-state index contributed by atoms with van der Waals surface area (Å²) in [4.78, 5) is 171. The van der Waals surface area contributed by atoms with E-state index in [-0.39, 0.29) is 80.6 Å². The number of primary amides is 1. The van der Waals surface area contributed by atoms with Gasteiger partial charge in [-0.1, -0.05) is 36.4 Å². The van der Waals surface area contributed by atoms with Gasteiger partial charge in [-0.05, 0) is 115 Å². The number of hydrogen-bond acceptors (Lipinski definition) is 17. The number of ether oxygens (including phenoxy) is 1. The highest BCUT2D eigenvalue weighted by Crippen LogP contribution is 2.26. The Bertz CT molecular complexity index is 4160. The van der Waals surface area contributed by atoms with E-state index < -0.39 is 144 Å². The lowest BCUT2D eigenvalue weighted by Crippen LogP contribution is -2.61. The Morgan fingerprint density at radius 2 is 1.22 bits per heavy atom. The van der Waals surface area contributed by atoms with E-state index in [1.165, 1.54) is 89.7 Å². The number of aromatic amines is 3. The first-order valence-electron chi connectivity index (χ1n) is 33.6. The fourth-order valence-electron chi connectivity index (χ4n) is 12.1. The summed E-state index contributed by atoms with van der Waals surface area (Å²) in [6.07, 6.45) is 4.62. The molecule has 0 radical (unpaired) electrons. The van der Waals surface area contributed by atoms with E-state index in [9.17, 15) is 47.4 Å². The van der Waals surface area contributed by atoms with Crippen molar-refractivity contribution in [3.63, 3.8) is 0 Å². The van der Waals surface area contributed by atoms with Crippen LogP contribution >= 0.6 is 23.5 Å². The van der Waals surface area contributed by atoms with Gasteiger partial charge in [-0.3, -0.25) is 52.7 Å². The number of nitrogens with two attached hydrogens (primary N) is 3. The van der Waals surface area contributed by atoms with Gasteiger partial charge in [0, 0.05) is 114 Å². The van der Waals surface area contributed by atoms with Gasteiger partial charge in [0.15, 0.2) is 0 Å². The second-order valence-corrected chi connectivity index (χ2v) is 27.2. The summed E-state index contributed by atoms with van der Waals surface area (Å²) in [7, 11) is 0. The van der Waals surface area contributed by atoms with Crippen molar-refractivity contribution in [2.75, 3.05) is 44.3 Å². The first-order valence-corrected chi connectivity index (χ1v) is 36.0. The molecule has 8 atom stereocenters. The number of aliphatic carboxylic acids is 1. The summed E-state index contributed by atoms with van der Waals surface area (Å²) in [6.45, 7) is 0.0303. The van der Waals surface area contributed by atoms with E-state index >= 15 is 19.2 Å². The highest BCUT2D eigenvalue weighted by molar-refractivity contribution is 7.98. The third-order valence-electron chi connectivity index (χ3n) is 17.4. The number of nitrogens with one attached hydrogen (secondary N) is 11. The number of H-pyrrole nitrogens is 3. The van der Waals surface area contributed by atoms with E-state index in [2.05, 4.69) is 62.5 Å². The minimum Gasteiger partial charge on any atom is -0.492 e. The van der Waals surface area contributed by atoms with E-state index in [1.807, 2.05) is 24.3 Å². The van der Waals surface area contributed by atoms with Gasteiger partial charge in [-0.25, -0.2) is 13.8 Å². The van der Waals surface area contributed by atoms with Crippen LogP contribution < -0.4 is 64.5 Å². The molecule has 5 heterocycles. The summed E-state index contributed by atoms with van der Waals surface area (Å²) in [5, 5.41) is 32.0. The maximum Gasteiger partial charge on any atom is 0.305 e. The van der Waals surface area contributed by atoms with Crippen LogP contribution in [0.4, 0.5) is 8.78 Å². The zero-order valence-corrected chi connectivity index (χ0v) is 57.8. The quantitative estimate of drug-likeness (QED) is 0.0540. The number of nitrogens with zero attached hydrogens (tertiary/aromatic N) is 2. The molecule has 2 aliphatic rings.